The molecule has 0 aliphatic carbocycles. The first-order valence-electron chi connectivity index (χ1n) is 10.8. The van der Waals surface area contributed by atoms with Crippen molar-refractivity contribution in [2.24, 2.45) is 5.16 Å². The first-order chi connectivity index (χ1) is 16.4. The molecule has 1 aliphatic rings. The lowest BCUT2D eigenvalue weighted by molar-refractivity contribution is -0.0530. The maximum atomic E-state index is 9.42. The first-order valence-corrected chi connectivity index (χ1v) is 10.8. The van der Waals surface area contributed by atoms with E-state index in [1.807, 2.05) is 64.3 Å². The van der Waals surface area contributed by atoms with E-state index in [1.54, 1.807) is 18.6 Å². The smallest absolute Gasteiger partial charge is 0.311 e. The van der Waals surface area contributed by atoms with Gasteiger partial charge >= 0.3 is 6.29 Å². The van der Waals surface area contributed by atoms with Crippen LogP contribution in [0, 0.1) is 11.3 Å². The number of aromatic nitrogens is 3. The average Bonchev–Trinajstić information content (AvgIpc) is 3.35. The van der Waals surface area contributed by atoms with E-state index in [9.17, 15) is 5.26 Å². The first kappa shape index (κ1) is 23.1. The summed E-state index contributed by atoms with van der Waals surface area (Å²) >= 11 is 0. The second-order valence-corrected chi connectivity index (χ2v) is 8.62. The Bertz CT molecular complexity index is 1220. The number of rotatable bonds is 8. The number of benzene rings is 1. The summed E-state index contributed by atoms with van der Waals surface area (Å²) in [4.78, 5) is 20.8. The zero-order valence-electron chi connectivity index (χ0n) is 19.6. The molecule has 174 valence electrons. The summed E-state index contributed by atoms with van der Waals surface area (Å²) in [5, 5.41) is 13.5. The van der Waals surface area contributed by atoms with Crippen molar-refractivity contribution in [1.82, 2.24) is 19.9 Å². The predicted octanol–water partition coefficient (Wildman–Crippen LogP) is 3.69. The van der Waals surface area contributed by atoms with Gasteiger partial charge in [-0.05, 0) is 69.5 Å². The van der Waals surface area contributed by atoms with Gasteiger partial charge in [-0.2, -0.15) is 5.26 Å². The van der Waals surface area contributed by atoms with Crippen molar-refractivity contribution < 1.29 is 14.3 Å². The minimum atomic E-state index is -0.810. The van der Waals surface area contributed by atoms with Crippen LogP contribution in [0.15, 0.2) is 60.1 Å². The molecule has 4 rings (SSSR count). The number of ether oxygens (including phenoxy) is 2. The van der Waals surface area contributed by atoms with Gasteiger partial charge in [0.15, 0.2) is 0 Å². The van der Waals surface area contributed by atoms with Gasteiger partial charge < -0.3 is 19.2 Å². The lowest BCUT2D eigenvalue weighted by Crippen LogP contribution is -2.19. The number of oxime groups is 1. The third kappa shape index (κ3) is 5.30. The Morgan fingerprint density at radius 3 is 2.65 bits per heavy atom. The molecule has 1 aromatic carbocycles. The molecule has 9 nitrogen and oxygen atoms in total. The minimum Gasteiger partial charge on any atom is -0.492 e. The molecule has 1 unspecified atom stereocenters. The Morgan fingerprint density at radius 1 is 1.12 bits per heavy atom. The number of nitrogens with zero attached hydrogens (tertiary/aromatic N) is 6. The van der Waals surface area contributed by atoms with E-state index < -0.39 is 11.7 Å². The number of likely N-dealkylation sites (N-methyl/N-ethyl adjacent to an activating group) is 1. The molecule has 9 heteroatoms. The van der Waals surface area contributed by atoms with E-state index in [2.05, 4.69) is 31.1 Å². The van der Waals surface area contributed by atoms with Crippen molar-refractivity contribution >= 4 is 5.90 Å². The number of hydrogen-bond donors (Lipinski definition) is 0. The summed E-state index contributed by atoms with van der Waals surface area (Å²) < 4.78 is 11.6. The molecule has 3 aromatic rings. The van der Waals surface area contributed by atoms with Gasteiger partial charge in [0.2, 0.25) is 0 Å². The Kier molecular flexibility index (Phi) is 6.70. The molecule has 0 fully saturated rings. The molecule has 0 radical (unpaired) electrons. The van der Waals surface area contributed by atoms with Gasteiger partial charge in [-0.1, -0.05) is 0 Å². The highest BCUT2D eigenvalue weighted by Gasteiger charge is 2.27. The van der Waals surface area contributed by atoms with Crippen LogP contribution in [0.2, 0.25) is 0 Å². The zero-order valence-corrected chi connectivity index (χ0v) is 19.6. The van der Waals surface area contributed by atoms with E-state index >= 15 is 0 Å². The molecule has 1 atom stereocenters. The van der Waals surface area contributed by atoms with Crippen molar-refractivity contribution in [3.8, 4) is 23.1 Å². The van der Waals surface area contributed by atoms with Gasteiger partial charge in [0.25, 0.3) is 5.90 Å². The minimum absolute atomic E-state index is 0.360. The quantitative estimate of drug-likeness (QED) is 0.503. The van der Waals surface area contributed by atoms with Crippen LogP contribution >= 0.6 is 0 Å². The molecular formula is C25H26N6O3. The van der Waals surface area contributed by atoms with Gasteiger partial charge in [-0.15, -0.1) is 0 Å². The Balaban J connectivity index is 1.44. The van der Waals surface area contributed by atoms with E-state index in [0.717, 1.165) is 23.4 Å². The monoisotopic (exact) mass is 458 g/mol. The molecule has 0 saturated heterocycles. The third-order valence-corrected chi connectivity index (χ3v) is 5.23. The van der Waals surface area contributed by atoms with Crippen LogP contribution in [-0.2, 0) is 15.0 Å². The normalized spacial score (nSPS) is 15.3. The summed E-state index contributed by atoms with van der Waals surface area (Å²) in [7, 11) is 4.00. The lowest BCUT2D eigenvalue weighted by Gasteiger charge is -2.15. The maximum absolute atomic E-state index is 9.42. The van der Waals surface area contributed by atoms with Gasteiger partial charge in [0.1, 0.15) is 18.1 Å². The second kappa shape index (κ2) is 9.85. The highest BCUT2D eigenvalue weighted by atomic mass is 16.8. The van der Waals surface area contributed by atoms with Gasteiger partial charge in [-0.3, -0.25) is 9.97 Å². The number of pyridine rings is 1. The lowest BCUT2D eigenvalue weighted by atomic mass is 9.90. The summed E-state index contributed by atoms with van der Waals surface area (Å²) in [5.41, 5.74) is 2.62. The van der Waals surface area contributed by atoms with Crippen LogP contribution in [0.25, 0.3) is 11.3 Å². The fraction of sp³-hybridized carbons (Fsp3) is 0.320. The SMILES string of the molecule is CN(C)CCOc1ccc(C2=NOC(c3cncc(-c4ccnc(C(C)(C)C#N)c4)n3)O2)cc1. The van der Waals surface area contributed by atoms with E-state index in [1.165, 1.54) is 0 Å². The van der Waals surface area contributed by atoms with Crippen molar-refractivity contribution in [2.45, 2.75) is 25.6 Å². The second-order valence-electron chi connectivity index (χ2n) is 8.62. The van der Waals surface area contributed by atoms with E-state index in [4.69, 9.17) is 14.3 Å². The van der Waals surface area contributed by atoms with Gasteiger partial charge in [0, 0.05) is 23.9 Å². The molecule has 0 N–H and O–H groups in total. The zero-order chi connectivity index (χ0) is 24.1. The van der Waals surface area contributed by atoms with Crippen LogP contribution < -0.4 is 4.74 Å². The molecule has 0 amide bonds. The predicted molar refractivity (Wildman–Crippen MR) is 126 cm³/mol. The molecule has 1 aliphatic heterocycles. The van der Waals surface area contributed by atoms with Crippen molar-refractivity contribution in [2.75, 3.05) is 27.2 Å². The molecule has 3 heterocycles. The maximum Gasteiger partial charge on any atom is 0.311 e. The van der Waals surface area contributed by atoms with Crippen LogP contribution in [0.5, 0.6) is 5.75 Å². The summed E-state index contributed by atoms with van der Waals surface area (Å²) in [6, 6.07) is 13.4. The topological polar surface area (TPSA) is 106 Å². The number of nitriles is 1. The van der Waals surface area contributed by atoms with Crippen LogP contribution in [-0.4, -0.2) is 53.0 Å². The van der Waals surface area contributed by atoms with E-state index in [-0.39, 0.29) is 0 Å². The van der Waals surface area contributed by atoms with Crippen molar-refractivity contribution in [1.29, 1.82) is 5.26 Å². The van der Waals surface area contributed by atoms with Crippen LogP contribution in [0.3, 0.4) is 0 Å². The Labute approximate surface area is 198 Å². The molecule has 0 bridgehead atoms. The molecule has 2 aromatic heterocycles. The highest BCUT2D eigenvalue weighted by molar-refractivity contribution is 5.94. The largest absolute Gasteiger partial charge is 0.492 e. The summed E-state index contributed by atoms with van der Waals surface area (Å²) in [6.07, 6.45) is 4.08. The number of hydrogen-bond acceptors (Lipinski definition) is 9. The average molecular weight is 459 g/mol. The van der Waals surface area contributed by atoms with E-state index in [0.29, 0.717) is 29.6 Å². The Hall–Kier alpha value is -4.03. The van der Waals surface area contributed by atoms with Gasteiger partial charge in [-0.25, -0.2) is 4.98 Å². The van der Waals surface area contributed by atoms with Crippen LogP contribution in [0.1, 0.15) is 37.1 Å². The molecule has 0 saturated carbocycles. The van der Waals surface area contributed by atoms with Gasteiger partial charge in [0.05, 0.1) is 35.3 Å². The van der Waals surface area contributed by atoms with Crippen molar-refractivity contribution in [3.63, 3.8) is 0 Å². The molecule has 34 heavy (non-hydrogen) atoms. The molecular weight excluding hydrogens is 432 g/mol. The fourth-order valence-electron chi connectivity index (χ4n) is 3.14. The van der Waals surface area contributed by atoms with Crippen LogP contribution in [0.4, 0.5) is 0 Å². The standard InChI is InChI=1S/C25H26N6O3/c1-25(2,16-26)22-13-18(9-10-28-22)20-14-27-15-21(29-20)24-33-23(30-34-24)17-5-7-19(8-6-17)32-12-11-31(3)4/h5-10,13-15,24H,11-12H2,1-4H3. The highest BCUT2D eigenvalue weighted by Crippen LogP contribution is 2.29. The summed E-state index contributed by atoms with van der Waals surface area (Å²) in [5.74, 6) is 1.13. The van der Waals surface area contributed by atoms with Crippen molar-refractivity contribution in [3.05, 3.63) is 71.9 Å². The Morgan fingerprint density at radius 2 is 1.91 bits per heavy atom. The third-order valence-electron chi connectivity index (χ3n) is 5.23. The molecule has 0 spiro atoms. The fourth-order valence-corrected chi connectivity index (χ4v) is 3.14. The summed E-state index contributed by atoms with van der Waals surface area (Å²) in [6.45, 7) is 5.09.